The summed E-state index contributed by atoms with van der Waals surface area (Å²) in [7, 11) is 0. The Labute approximate surface area is 163 Å². The van der Waals surface area contributed by atoms with Crippen molar-refractivity contribution in [3.63, 3.8) is 0 Å². The van der Waals surface area contributed by atoms with Crippen molar-refractivity contribution in [2.24, 2.45) is 0 Å². The zero-order valence-electron chi connectivity index (χ0n) is 15.9. The first-order valence-electron chi connectivity index (χ1n) is 9.60. The Hall–Kier alpha value is -2.93. The third kappa shape index (κ3) is 4.14. The Bertz CT molecular complexity index is 1030. The molecule has 0 saturated carbocycles. The molecule has 28 heavy (non-hydrogen) atoms. The number of amides is 1. The third-order valence-corrected chi connectivity index (χ3v) is 5.11. The van der Waals surface area contributed by atoms with E-state index in [2.05, 4.69) is 15.2 Å². The summed E-state index contributed by atoms with van der Waals surface area (Å²) in [6.45, 7) is 4.46. The van der Waals surface area contributed by atoms with Crippen LogP contribution in [0.25, 0.3) is 11.1 Å². The monoisotopic (exact) mass is 380 g/mol. The average Bonchev–Trinajstić information content (AvgIpc) is 2.98. The Morgan fingerprint density at radius 3 is 3.04 bits per heavy atom. The molecule has 1 aliphatic rings. The van der Waals surface area contributed by atoms with E-state index in [0.717, 1.165) is 43.7 Å². The molecule has 1 saturated heterocycles. The molecule has 1 aromatic carbocycles. The second kappa shape index (κ2) is 7.98. The van der Waals surface area contributed by atoms with Gasteiger partial charge in [0, 0.05) is 25.3 Å². The molecule has 1 amide bonds. The van der Waals surface area contributed by atoms with Crippen molar-refractivity contribution < 1.29 is 9.21 Å². The molecule has 0 unspecified atom stereocenters. The summed E-state index contributed by atoms with van der Waals surface area (Å²) in [5, 5.41) is 3.08. The molecule has 1 atom stereocenters. The minimum Gasteiger partial charge on any atom is -0.408 e. The highest BCUT2D eigenvalue weighted by Crippen LogP contribution is 2.15. The first kappa shape index (κ1) is 18.4. The molecule has 4 rings (SSSR count). The predicted octanol–water partition coefficient (Wildman–Crippen LogP) is 2.08. The number of oxazole rings is 1. The normalized spacial score (nSPS) is 17.7. The molecule has 1 N–H and O–H groups in total. The highest BCUT2D eigenvalue weighted by Gasteiger charge is 2.22. The van der Waals surface area contributed by atoms with Crippen LogP contribution in [0.2, 0.25) is 0 Å². The predicted molar refractivity (Wildman–Crippen MR) is 106 cm³/mol. The smallest absolute Gasteiger partial charge is 0.408 e. The highest BCUT2D eigenvalue weighted by molar-refractivity contribution is 5.80. The van der Waals surface area contributed by atoms with E-state index in [9.17, 15) is 9.59 Å². The Kier molecular flexibility index (Phi) is 5.25. The highest BCUT2D eigenvalue weighted by atomic mass is 16.4. The van der Waals surface area contributed by atoms with Gasteiger partial charge in [-0.3, -0.25) is 19.2 Å². The van der Waals surface area contributed by atoms with E-state index in [1.54, 1.807) is 12.3 Å². The van der Waals surface area contributed by atoms with E-state index in [1.165, 1.54) is 4.57 Å². The van der Waals surface area contributed by atoms with Gasteiger partial charge in [0.25, 0.3) is 0 Å². The van der Waals surface area contributed by atoms with Crippen LogP contribution in [0, 0.1) is 6.92 Å². The van der Waals surface area contributed by atoms with Gasteiger partial charge >= 0.3 is 5.76 Å². The summed E-state index contributed by atoms with van der Waals surface area (Å²) in [6.07, 6.45) is 3.75. The lowest BCUT2D eigenvalue weighted by molar-refractivity contribution is -0.122. The average molecular weight is 380 g/mol. The van der Waals surface area contributed by atoms with E-state index in [-0.39, 0.29) is 18.5 Å². The summed E-state index contributed by atoms with van der Waals surface area (Å²) in [5.74, 6) is -0.674. The molecule has 3 aromatic rings. The number of likely N-dealkylation sites (tertiary alicyclic amines) is 1. The van der Waals surface area contributed by atoms with E-state index >= 15 is 0 Å². The van der Waals surface area contributed by atoms with Crippen LogP contribution in [-0.2, 0) is 17.9 Å². The molecule has 1 aliphatic heterocycles. The molecule has 0 bridgehead atoms. The second-order valence-electron chi connectivity index (χ2n) is 7.39. The van der Waals surface area contributed by atoms with E-state index < -0.39 is 5.76 Å². The largest absolute Gasteiger partial charge is 0.420 e. The second-order valence-corrected chi connectivity index (χ2v) is 7.39. The van der Waals surface area contributed by atoms with Gasteiger partial charge in [-0.05, 0) is 56.1 Å². The quantitative estimate of drug-likeness (QED) is 0.733. The molecular weight excluding hydrogens is 356 g/mol. The van der Waals surface area contributed by atoms with Crippen LogP contribution >= 0.6 is 0 Å². The fourth-order valence-electron chi connectivity index (χ4n) is 3.78. The van der Waals surface area contributed by atoms with Crippen molar-refractivity contribution in [2.75, 3.05) is 13.1 Å². The lowest BCUT2D eigenvalue weighted by atomic mass is 10.1. The standard InChI is InChI=1S/C21H24N4O3/c1-15-7-8-19-18(11-15)25(21(27)28-19)14-20(26)23-17-6-4-10-24(13-17)12-16-5-2-3-9-22-16/h2-3,5,7-9,11,17H,4,6,10,12-14H2,1H3,(H,23,26)/t17-/m1/s1. The number of fused-ring (bicyclic) bond motifs is 1. The van der Waals surface area contributed by atoms with Gasteiger partial charge in [0.05, 0.1) is 11.2 Å². The Morgan fingerprint density at radius 2 is 2.21 bits per heavy atom. The van der Waals surface area contributed by atoms with Gasteiger partial charge in [0.2, 0.25) is 5.91 Å². The van der Waals surface area contributed by atoms with Gasteiger partial charge in [-0.25, -0.2) is 4.79 Å². The van der Waals surface area contributed by atoms with Gasteiger partial charge < -0.3 is 9.73 Å². The SMILES string of the molecule is Cc1ccc2oc(=O)n(CC(=O)N[C@@H]3CCCN(Cc4ccccn4)C3)c2c1. The molecule has 2 aromatic heterocycles. The summed E-state index contributed by atoms with van der Waals surface area (Å²) in [6, 6.07) is 11.5. The third-order valence-electron chi connectivity index (χ3n) is 5.11. The molecule has 7 heteroatoms. The number of rotatable bonds is 5. The fraction of sp³-hybridized carbons (Fsp3) is 0.381. The maximum atomic E-state index is 12.6. The minimum atomic E-state index is -0.504. The molecule has 0 radical (unpaired) electrons. The number of hydrogen-bond acceptors (Lipinski definition) is 5. The maximum Gasteiger partial charge on any atom is 0.420 e. The first-order chi connectivity index (χ1) is 13.6. The Balaban J connectivity index is 1.39. The molecule has 3 heterocycles. The zero-order valence-corrected chi connectivity index (χ0v) is 15.9. The van der Waals surface area contributed by atoms with Crippen molar-refractivity contribution in [3.05, 3.63) is 64.4 Å². The maximum absolute atomic E-state index is 12.6. The number of nitrogens with one attached hydrogen (secondary N) is 1. The zero-order chi connectivity index (χ0) is 19.5. The minimum absolute atomic E-state index is 0.0357. The van der Waals surface area contributed by atoms with Crippen LogP contribution in [0.3, 0.4) is 0 Å². The van der Waals surface area contributed by atoms with Gasteiger partial charge in [-0.15, -0.1) is 0 Å². The van der Waals surface area contributed by atoms with E-state index in [0.29, 0.717) is 11.1 Å². The van der Waals surface area contributed by atoms with Crippen molar-refractivity contribution in [3.8, 4) is 0 Å². The van der Waals surface area contributed by atoms with Crippen LogP contribution in [0.1, 0.15) is 24.1 Å². The van der Waals surface area contributed by atoms with Gasteiger partial charge in [-0.2, -0.15) is 0 Å². The van der Waals surface area contributed by atoms with Crippen LogP contribution in [-0.4, -0.2) is 39.5 Å². The topological polar surface area (TPSA) is 80.4 Å². The number of pyridine rings is 1. The molecule has 0 aliphatic carbocycles. The molecule has 146 valence electrons. The summed E-state index contributed by atoms with van der Waals surface area (Å²) in [4.78, 5) is 31.4. The number of aromatic nitrogens is 2. The van der Waals surface area contributed by atoms with E-state index in [4.69, 9.17) is 4.42 Å². The van der Waals surface area contributed by atoms with Crippen molar-refractivity contribution >= 4 is 17.0 Å². The summed E-state index contributed by atoms with van der Waals surface area (Å²) >= 11 is 0. The van der Waals surface area contributed by atoms with Crippen molar-refractivity contribution in [1.82, 2.24) is 19.8 Å². The lowest BCUT2D eigenvalue weighted by Crippen LogP contribution is -2.48. The van der Waals surface area contributed by atoms with Crippen LogP contribution < -0.4 is 11.1 Å². The molecule has 1 fully saturated rings. The van der Waals surface area contributed by atoms with Crippen LogP contribution in [0.4, 0.5) is 0 Å². The number of benzene rings is 1. The van der Waals surface area contributed by atoms with Gasteiger partial charge in [0.15, 0.2) is 5.58 Å². The van der Waals surface area contributed by atoms with Crippen LogP contribution in [0.15, 0.2) is 51.8 Å². The molecule has 7 nitrogen and oxygen atoms in total. The van der Waals surface area contributed by atoms with Gasteiger partial charge in [0.1, 0.15) is 6.54 Å². The summed E-state index contributed by atoms with van der Waals surface area (Å²) in [5.41, 5.74) is 3.20. The van der Waals surface area contributed by atoms with Crippen molar-refractivity contribution in [2.45, 2.75) is 38.9 Å². The van der Waals surface area contributed by atoms with E-state index in [1.807, 2.05) is 37.3 Å². The molecule has 0 spiro atoms. The number of carbonyl (C=O) groups excluding carboxylic acids is 1. The van der Waals surface area contributed by atoms with Crippen molar-refractivity contribution in [1.29, 1.82) is 0 Å². The number of hydrogen-bond donors (Lipinski definition) is 1. The number of aryl methyl sites for hydroxylation is 1. The lowest BCUT2D eigenvalue weighted by Gasteiger charge is -2.32. The number of piperidine rings is 1. The van der Waals surface area contributed by atoms with Gasteiger partial charge in [-0.1, -0.05) is 12.1 Å². The number of nitrogens with zero attached hydrogens (tertiary/aromatic N) is 3. The molecular formula is C21H24N4O3. The fourth-order valence-corrected chi connectivity index (χ4v) is 3.78. The summed E-state index contributed by atoms with van der Waals surface area (Å²) < 4.78 is 6.64. The first-order valence-corrected chi connectivity index (χ1v) is 9.60. The van der Waals surface area contributed by atoms with Crippen LogP contribution in [0.5, 0.6) is 0 Å². The Morgan fingerprint density at radius 1 is 1.32 bits per heavy atom. The number of carbonyl (C=O) groups is 1.